The van der Waals surface area contributed by atoms with Crippen LogP contribution in [0.15, 0.2) is 0 Å². The first-order chi connectivity index (χ1) is 8.89. The number of halogens is 1. The number of rotatable bonds is 2. The molecule has 4 heteroatoms. The summed E-state index contributed by atoms with van der Waals surface area (Å²) in [5.74, 6) is 1.66. The van der Waals surface area contributed by atoms with Crippen LogP contribution in [0.2, 0.25) is 5.15 Å². The largest absolute Gasteiger partial charge is 0.366 e. The van der Waals surface area contributed by atoms with Crippen molar-refractivity contribution in [1.82, 2.24) is 9.97 Å². The first-order valence-corrected chi connectivity index (χ1v) is 7.58. The minimum atomic E-state index is -0.109. The van der Waals surface area contributed by atoms with Gasteiger partial charge in [-0.25, -0.2) is 9.97 Å². The van der Waals surface area contributed by atoms with Gasteiger partial charge >= 0.3 is 0 Å². The Balaban J connectivity index is 2.36. The lowest BCUT2D eigenvalue weighted by molar-refractivity contribution is 0.457. The number of nitrogens with one attached hydrogen (secondary N) is 1. The molecule has 2 rings (SSSR count). The van der Waals surface area contributed by atoms with Crippen LogP contribution in [-0.2, 0) is 5.41 Å². The lowest BCUT2D eigenvalue weighted by Crippen LogP contribution is -2.20. The predicted molar refractivity (Wildman–Crippen MR) is 85.5 cm³/mol. The van der Waals surface area contributed by atoms with Gasteiger partial charge in [0.2, 0.25) is 0 Å². The standard InChI is InChI=1S/C16H26ClN3/c1-9-10(17)18-13(14(2,3)4)20-11(9)19-12-15(5,6)16(12,7)8/h12H,1-8H3,(H,18,19,20). The van der Waals surface area contributed by atoms with Crippen molar-refractivity contribution in [3.8, 4) is 0 Å². The third-order valence-electron chi connectivity index (χ3n) is 5.06. The average Bonchev–Trinajstić information content (AvgIpc) is 2.65. The van der Waals surface area contributed by atoms with Gasteiger partial charge in [-0.1, -0.05) is 60.1 Å². The molecule has 0 saturated heterocycles. The van der Waals surface area contributed by atoms with E-state index in [9.17, 15) is 0 Å². The monoisotopic (exact) mass is 295 g/mol. The molecule has 0 atom stereocenters. The van der Waals surface area contributed by atoms with E-state index in [0.717, 1.165) is 17.2 Å². The smallest absolute Gasteiger partial charge is 0.137 e. The number of aromatic nitrogens is 2. The molecule has 1 aliphatic carbocycles. The third-order valence-corrected chi connectivity index (χ3v) is 5.43. The fraction of sp³-hybridized carbons (Fsp3) is 0.750. The van der Waals surface area contributed by atoms with Gasteiger partial charge < -0.3 is 5.32 Å². The first kappa shape index (κ1) is 15.6. The van der Waals surface area contributed by atoms with Crippen LogP contribution in [-0.4, -0.2) is 16.0 Å². The summed E-state index contributed by atoms with van der Waals surface area (Å²) in [6.45, 7) is 17.4. The Morgan fingerprint density at radius 1 is 1.05 bits per heavy atom. The van der Waals surface area contributed by atoms with Gasteiger partial charge in [0.1, 0.15) is 16.8 Å². The molecule has 0 radical (unpaired) electrons. The summed E-state index contributed by atoms with van der Waals surface area (Å²) >= 11 is 6.28. The van der Waals surface area contributed by atoms with Gasteiger partial charge in [0.25, 0.3) is 0 Å². The summed E-state index contributed by atoms with van der Waals surface area (Å²) in [5.41, 5.74) is 1.35. The Hall–Kier alpha value is -0.830. The Bertz CT molecular complexity index is 527. The summed E-state index contributed by atoms with van der Waals surface area (Å²) in [5, 5.41) is 4.13. The fourth-order valence-corrected chi connectivity index (χ4v) is 2.83. The Kier molecular flexibility index (Phi) is 3.37. The number of hydrogen-bond acceptors (Lipinski definition) is 3. The highest BCUT2D eigenvalue weighted by atomic mass is 35.5. The lowest BCUT2D eigenvalue weighted by atomic mass is 9.95. The molecule has 1 aliphatic rings. The number of nitrogens with zero attached hydrogens (tertiary/aromatic N) is 2. The van der Waals surface area contributed by atoms with Crippen LogP contribution in [0, 0.1) is 17.8 Å². The fourth-order valence-electron chi connectivity index (χ4n) is 2.66. The topological polar surface area (TPSA) is 37.8 Å². The summed E-state index contributed by atoms with van der Waals surface area (Å²) in [4.78, 5) is 9.13. The van der Waals surface area contributed by atoms with E-state index in [-0.39, 0.29) is 16.2 Å². The van der Waals surface area contributed by atoms with Gasteiger partial charge in [0.05, 0.1) is 0 Å². The van der Waals surface area contributed by atoms with E-state index in [4.69, 9.17) is 16.6 Å². The molecule has 0 spiro atoms. The van der Waals surface area contributed by atoms with Crippen molar-refractivity contribution >= 4 is 17.4 Å². The van der Waals surface area contributed by atoms with Crippen LogP contribution in [0.5, 0.6) is 0 Å². The van der Waals surface area contributed by atoms with Crippen molar-refractivity contribution in [1.29, 1.82) is 0 Å². The van der Waals surface area contributed by atoms with Crippen molar-refractivity contribution in [2.24, 2.45) is 10.8 Å². The molecule has 1 aromatic rings. The van der Waals surface area contributed by atoms with Gasteiger partial charge in [-0.3, -0.25) is 0 Å². The van der Waals surface area contributed by atoms with Crippen LogP contribution in [0.25, 0.3) is 0 Å². The zero-order chi connectivity index (χ0) is 15.5. The van der Waals surface area contributed by atoms with E-state index in [0.29, 0.717) is 11.2 Å². The quantitative estimate of drug-likeness (QED) is 0.811. The number of anilines is 1. The average molecular weight is 296 g/mol. The van der Waals surface area contributed by atoms with E-state index in [1.807, 2.05) is 6.92 Å². The van der Waals surface area contributed by atoms with Crippen LogP contribution < -0.4 is 5.32 Å². The molecule has 1 N–H and O–H groups in total. The molecular weight excluding hydrogens is 270 g/mol. The van der Waals surface area contributed by atoms with E-state index in [1.165, 1.54) is 0 Å². The van der Waals surface area contributed by atoms with Gasteiger partial charge in [-0.2, -0.15) is 0 Å². The minimum Gasteiger partial charge on any atom is -0.366 e. The van der Waals surface area contributed by atoms with E-state index >= 15 is 0 Å². The highest BCUT2D eigenvalue weighted by Gasteiger charge is 2.65. The zero-order valence-corrected chi connectivity index (χ0v) is 14.6. The summed E-state index contributed by atoms with van der Waals surface area (Å²) in [6.07, 6.45) is 0. The van der Waals surface area contributed by atoms with E-state index < -0.39 is 0 Å². The van der Waals surface area contributed by atoms with Crippen LogP contribution in [0.1, 0.15) is 59.9 Å². The predicted octanol–water partition coefficient (Wildman–Crippen LogP) is 4.58. The van der Waals surface area contributed by atoms with Gasteiger partial charge in [0.15, 0.2) is 0 Å². The van der Waals surface area contributed by atoms with Crippen LogP contribution in [0.4, 0.5) is 5.82 Å². The summed E-state index contributed by atoms with van der Waals surface area (Å²) in [7, 11) is 0. The Morgan fingerprint density at radius 3 is 1.95 bits per heavy atom. The van der Waals surface area contributed by atoms with Gasteiger partial charge in [0, 0.05) is 17.0 Å². The molecule has 0 unspecified atom stereocenters. The second kappa shape index (κ2) is 4.33. The molecule has 1 fully saturated rings. The molecule has 1 heterocycles. The molecular formula is C16H26ClN3. The lowest BCUT2D eigenvalue weighted by Gasteiger charge is -2.20. The maximum Gasteiger partial charge on any atom is 0.137 e. The molecule has 1 saturated carbocycles. The molecule has 3 nitrogen and oxygen atoms in total. The second-order valence-electron chi connectivity index (χ2n) is 8.08. The van der Waals surface area contributed by atoms with Crippen molar-refractivity contribution in [2.45, 2.75) is 66.8 Å². The summed E-state index contributed by atoms with van der Waals surface area (Å²) in [6, 6.07) is 0.410. The molecule has 0 bridgehead atoms. The molecule has 20 heavy (non-hydrogen) atoms. The maximum absolute atomic E-state index is 6.28. The molecule has 112 valence electrons. The summed E-state index contributed by atoms with van der Waals surface area (Å²) < 4.78 is 0. The molecule has 0 aliphatic heterocycles. The maximum atomic E-state index is 6.28. The highest BCUT2D eigenvalue weighted by molar-refractivity contribution is 6.30. The minimum absolute atomic E-state index is 0.109. The van der Waals surface area contributed by atoms with Gasteiger partial charge in [-0.15, -0.1) is 0 Å². The van der Waals surface area contributed by atoms with Crippen molar-refractivity contribution < 1.29 is 0 Å². The SMILES string of the molecule is Cc1c(Cl)nc(C(C)(C)C)nc1NC1C(C)(C)C1(C)C. The van der Waals surface area contributed by atoms with Crippen molar-refractivity contribution in [3.05, 3.63) is 16.5 Å². The molecule has 0 aromatic carbocycles. The number of hydrogen-bond donors (Lipinski definition) is 1. The Labute approximate surface area is 127 Å². The van der Waals surface area contributed by atoms with Crippen molar-refractivity contribution in [3.63, 3.8) is 0 Å². The highest BCUT2D eigenvalue weighted by Crippen LogP contribution is 2.63. The second-order valence-corrected chi connectivity index (χ2v) is 8.44. The van der Waals surface area contributed by atoms with Gasteiger partial charge in [-0.05, 0) is 17.8 Å². The van der Waals surface area contributed by atoms with E-state index in [1.54, 1.807) is 0 Å². The third kappa shape index (κ3) is 2.30. The zero-order valence-electron chi connectivity index (χ0n) is 13.8. The van der Waals surface area contributed by atoms with Crippen LogP contribution >= 0.6 is 11.6 Å². The normalized spacial score (nSPS) is 20.9. The molecule has 1 aromatic heterocycles. The van der Waals surface area contributed by atoms with Crippen LogP contribution in [0.3, 0.4) is 0 Å². The Morgan fingerprint density at radius 2 is 1.55 bits per heavy atom. The van der Waals surface area contributed by atoms with E-state index in [2.05, 4.69) is 58.8 Å². The molecule has 0 amide bonds. The van der Waals surface area contributed by atoms with Crippen molar-refractivity contribution in [2.75, 3.05) is 5.32 Å². The first-order valence-electron chi connectivity index (χ1n) is 7.20.